The molecule has 0 spiro atoms. The van der Waals surface area contributed by atoms with Crippen LogP contribution in [-0.4, -0.2) is 4.98 Å². The zero-order valence-electron chi connectivity index (χ0n) is 20.9. The topological polar surface area (TPSA) is 24.9 Å². The first kappa shape index (κ1) is 22.3. The maximum absolute atomic E-state index is 4.34. The van der Waals surface area contributed by atoms with E-state index < -0.39 is 5.41 Å². The van der Waals surface area contributed by atoms with Gasteiger partial charge in [-0.2, -0.15) is 0 Å². The molecule has 1 heterocycles. The van der Waals surface area contributed by atoms with E-state index in [2.05, 4.69) is 144 Å². The monoisotopic (exact) mass is 486 g/mol. The van der Waals surface area contributed by atoms with Gasteiger partial charge < -0.3 is 5.32 Å². The highest BCUT2D eigenvalue weighted by Crippen LogP contribution is 2.56. The number of aromatic nitrogens is 1. The molecular weight excluding hydrogens is 460 g/mol. The number of hydrogen-bond donors (Lipinski definition) is 1. The van der Waals surface area contributed by atoms with Gasteiger partial charge in [-0.1, -0.05) is 115 Å². The maximum atomic E-state index is 4.34. The van der Waals surface area contributed by atoms with Crippen LogP contribution in [0.15, 0.2) is 152 Å². The van der Waals surface area contributed by atoms with Crippen LogP contribution >= 0.6 is 0 Å². The lowest BCUT2D eigenvalue weighted by Crippen LogP contribution is -2.28. The van der Waals surface area contributed by atoms with Crippen LogP contribution in [0.4, 0.5) is 11.4 Å². The van der Waals surface area contributed by atoms with Gasteiger partial charge in [-0.05, 0) is 57.6 Å². The Labute approximate surface area is 223 Å². The predicted octanol–water partition coefficient (Wildman–Crippen LogP) is 8.86. The van der Waals surface area contributed by atoms with Crippen molar-refractivity contribution in [2.24, 2.45) is 0 Å². The Kier molecular flexibility index (Phi) is 5.37. The molecule has 5 aromatic carbocycles. The van der Waals surface area contributed by atoms with Crippen molar-refractivity contribution in [3.63, 3.8) is 0 Å². The highest BCUT2D eigenvalue weighted by atomic mass is 14.9. The fraction of sp³-hybridized carbons (Fsp3) is 0.0278. The van der Waals surface area contributed by atoms with Crippen molar-refractivity contribution >= 4 is 11.4 Å². The first-order valence-corrected chi connectivity index (χ1v) is 13.0. The van der Waals surface area contributed by atoms with Gasteiger partial charge in [-0.3, -0.25) is 4.98 Å². The summed E-state index contributed by atoms with van der Waals surface area (Å²) in [6.45, 7) is 0. The summed E-state index contributed by atoms with van der Waals surface area (Å²) >= 11 is 0. The molecule has 180 valence electrons. The second-order valence-corrected chi connectivity index (χ2v) is 9.70. The van der Waals surface area contributed by atoms with Crippen LogP contribution in [0.25, 0.3) is 22.3 Å². The molecule has 2 heteroatoms. The quantitative estimate of drug-likeness (QED) is 0.263. The van der Waals surface area contributed by atoms with E-state index in [0.717, 1.165) is 22.5 Å². The van der Waals surface area contributed by atoms with E-state index in [-0.39, 0.29) is 0 Å². The van der Waals surface area contributed by atoms with Crippen molar-refractivity contribution in [1.29, 1.82) is 0 Å². The largest absolute Gasteiger partial charge is 0.355 e. The number of pyridine rings is 1. The number of para-hydroxylation sites is 1. The molecule has 1 N–H and O–H groups in total. The Morgan fingerprint density at radius 1 is 0.500 bits per heavy atom. The molecule has 1 aromatic heterocycles. The number of benzene rings is 5. The second kappa shape index (κ2) is 9.17. The zero-order chi connectivity index (χ0) is 25.4. The highest BCUT2D eigenvalue weighted by Gasteiger charge is 2.45. The number of fused-ring (bicyclic) bond motifs is 3. The van der Waals surface area contributed by atoms with Crippen LogP contribution in [0, 0.1) is 0 Å². The Morgan fingerprint density at radius 3 is 1.84 bits per heavy atom. The van der Waals surface area contributed by atoms with Gasteiger partial charge in [0.2, 0.25) is 0 Å². The van der Waals surface area contributed by atoms with E-state index in [1.54, 1.807) is 0 Å². The lowest BCUT2D eigenvalue weighted by molar-refractivity contribution is 0.769. The molecule has 6 aromatic rings. The van der Waals surface area contributed by atoms with Gasteiger partial charge in [-0.15, -0.1) is 0 Å². The van der Waals surface area contributed by atoms with E-state index in [4.69, 9.17) is 0 Å². The van der Waals surface area contributed by atoms with Gasteiger partial charge in [0.05, 0.1) is 5.41 Å². The van der Waals surface area contributed by atoms with E-state index in [9.17, 15) is 0 Å². The molecule has 0 saturated heterocycles. The van der Waals surface area contributed by atoms with Crippen molar-refractivity contribution in [1.82, 2.24) is 4.98 Å². The first-order valence-electron chi connectivity index (χ1n) is 13.0. The number of anilines is 2. The normalized spacial score (nSPS) is 12.9. The summed E-state index contributed by atoms with van der Waals surface area (Å²) < 4.78 is 0. The molecule has 1 aliphatic carbocycles. The van der Waals surface area contributed by atoms with Gasteiger partial charge in [0.25, 0.3) is 0 Å². The molecule has 0 saturated carbocycles. The highest BCUT2D eigenvalue weighted by molar-refractivity contribution is 5.89. The van der Waals surface area contributed by atoms with Crippen molar-refractivity contribution in [2.75, 3.05) is 5.32 Å². The van der Waals surface area contributed by atoms with Gasteiger partial charge in [-0.25, -0.2) is 0 Å². The van der Waals surface area contributed by atoms with Crippen LogP contribution in [-0.2, 0) is 5.41 Å². The number of rotatable bonds is 5. The summed E-state index contributed by atoms with van der Waals surface area (Å²) in [6, 6.07) is 50.0. The van der Waals surface area contributed by atoms with Crippen molar-refractivity contribution in [2.45, 2.75) is 5.41 Å². The van der Waals surface area contributed by atoms with Crippen LogP contribution < -0.4 is 5.32 Å². The minimum atomic E-state index is -0.408. The van der Waals surface area contributed by atoms with Crippen LogP contribution in [0.5, 0.6) is 0 Å². The van der Waals surface area contributed by atoms with Crippen molar-refractivity contribution in [3.8, 4) is 22.3 Å². The Hall–Kier alpha value is -4.95. The van der Waals surface area contributed by atoms with E-state index in [1.807, 2.05) is 18.5 Å². The Balaban J connectivity index is 1.44. The van der Waals surface area contributed by atoms with Gasteiger partial charge in [0.1, 0.15) is 0 Å². The minimum absolute atomic E-state index is 0.408. The minimum Gasteiger partial charge on any atom is -0.355 e. The molecule has 2 nitrogen and oxygen atoms in total. The fourth-order valence-corrected chi connectivity index (χ4v) is 6.04. The average molecular weight is 487 g/mol. The molecule has 0 fully saturated rings. The molecule has 0 unspecified atom stereocenters. The Morgan fingerprint density at radius 2 is 1.13 bits per heavy atom. The molecule has 0 bridgehead atoms. The summed E-state index contributed by atoms with van der Waals surface area (Å²) in [5, 5.41) is 3.74. The third kappa shape index (κ3) is 3.46. The number of nitrogens with zero attached hydrogens (tertiary/aromatic N) is 1. The summed E-state index contributed by atoms with van der Waals surface area (Å²) in [7, 11) is 0. The Bertz CT molecular complexity index is 1690. The first-order chi connectivity index (χ1) is 18.9. The smallest absolute Gasteiger partial charge is 0.0714 e. The fourth-order valence-electron chi connectivity index (χ4n) is 6.04. The SMILES string of the molecule is c1ccc(C2(c3ccccc3)c3ccccc3-c3ccc(Nc4ccccc4-c4cccnc4)cc32)cc1. The van der Waals surface area contributed by atoms with Crippen molar-refractivity contribution in [3.05, 3.63) is 174 Å². The molecule has 0 atom stereocenters. The summed E-state index contributed by atoms with van der Waals surface area (Å²) in [4.78, 5) is 4.34. The van der Waals surface area contributed by atoms with Crippen molar-refractivity contribution < 1.29 is 0 Å². The predicted molar refractivity (Wildman–Crippen MR) is 157 cm³/mol. The van der Waals surface area contributed by atoms with Gasteiger partial charge in [0, 0.05) is 34.9 Å². The van der Waals surface area contributed by atoms with Gasteiger partial charge >= 0.3 is 0 Å². The molecule has 0 aliphatic heterocycles. The average Bonchev–Trinajstić information content (AvgIpc) is 3.29. The molecule has 0 radical (unpaired) electrons. The molecule has 38 heavy (non-hydrogen) atoms. The summed E-state index contributed by atoms with van der Waals surface area (Å²) in [5.41, 5.74) is 11.6. The molecule has 7 rings (SSSR count). The molecule has 0 amide bonds. The van der Waals surface area contributed by atoms with Gasteiger partial charge in [0.15, 0.2) is 0 Å². The number of nitrogens with one attached hydrogen (secondary N) is 1. The molecular formula is C36H26N2. The maximum Gasteiger partial charge on any atom is 0.0714 e. The standard InChI is InChI=1S/C36H26N2/c1-3-13-27(14-4-1)36(28-15-5-2-6-16-28)33-19-9-7-18-31(33)32-22-21-29(24-34(32)36)38-35-20-10-8-17-30(35)26-12-11-23-37-25-26/h1-25,38H. The summed E-state index contributed by atoms with van der Waals surface area (Å²) in [5.74, 6) is 0. The third-order valence-corrected chi connectivity index (χ3v) is 7.64. The lowest BCUT2D eigenvalue weighted by atomic mass is 9.67. The second-order valence-electron chi connectivity index (χ2n) is 9.70. The van der Waals surface area contributed by atoms with E-state index in [0.29, 0.717) is 0 Å². The third-order valence-electron chi connectivity index (χ3n) is 7.64. The van der Waals surface area contributed by atoms with Crippen LogP contribution in [0.1, 0.15) is 22.3 Å². The van der Waals surface area contributed by atoms with E-state index in [1.165, 1.54) is 33.4 Å². The van der Waals surface area contributed by atoms with Crippen LogP contribution in [0.2, 0.25) is 0 Å². The van der Waals surface area contributed by atoms with E-state index >= 15 is 0 Å². The van der Waals surface area contributed by atoms with Crippen LogP contribution in [0.3, 0.4) is 0 Å². The summed E-state index contributed by atoms with van der Waals surface area (Å²) in [6.07, 6.45) is 3.72. The lowest BCUT2D eigenvalue weighted by Gasteiger charge is -2.34. The molecule has 1 aliphatic rings. The zero-order valence-corrected chi connectivity index (χ0v) is 20.9. The number of hydrogen-bond acceptors (Lipinski definition) is 2.